The molecule has 1 fully saturated rings. The van der Waals surface area contributed by atoms with Gasteiger partial charge in [0.25, 0.3) is 0 Å². The van der Waals surface area contributed by atoms with Crippen molar-refractivity contribution in [1.82, 2.24) is 14.5 Å². The number of methoxy groups -OCH3 is 1. The first kappa shape index (κ1) is 16.6. The molecule has 0 radical (unpaired) electrons. The molecule has 0 amide bonds. The van der Waals surface area contributed by atoms with Crippen LogP contribution < -0.4 is 10.5 Å². The van der Waals surface area contributed by atoms with Gasteiger partial charge in [0, 0.05) is 17.7 Å². The number of fused-ring (bicyclic) bond motifs is 3. The van der Waals surface area contributed by atoms with E-state index in [1.54, 1.807) is 7.11 Å². The lowest BCUT2D eigenvalue weighted by Crippen LogP contribution is -2.36. The Morgan fingerprint density at radius 2 is 2.08 bits per heavy atom. The van der Waals surface area contributed by atoms with Gasteiger partial charge >= 0.3 is 0 Å². The number of hydrogen-bond donors (Lipinski definition) is 1. The van der Waals surface area contributed by atoms with Crippen molar-refractivity contribution in [1.29, 1.82) is 0 Å². The van der Waals surface area contributed by atoms with Gasteiger partial charge in [-0.1, -0.05) is 13.8 Å². The molecule has 134 valence electrons. The van der Waals surface area contributed by atoms with E-state index in [9.17, 15) is 0 Å². The number of hydrogen-bond acceptors (Lipinski definition) is 4. The van der Waals surface area contributed by atoms with Crippen LogP contribution in [0.3, 0.4) is 0 Å². The summed E-state index contributed by atoms with van der Waals surface area (Å²) in [4.78, 5) is 9.07. The molecule has 5 nitrogen and oxygen atoms in total. The molecule has 1 aliphatic carbocycles. The first-order chi connectivity index (χ1) is 12.0. The summed E-state index contributed by atoms with van der Waals surface area (Å²) < 4.78 is 7.57. The van der Waals surface area contributed by atoms with E-state index in [0.29, 0.717) is 17.2 Å². The van der Waals surface area contributed by atoms with Crippen LogP contribution in [0, 0.1) is 11.3 Å². The maximum Gasteiger partial charge on any atom is 0.213 e. The normalized spacial score (nSPS) is 23.1. The molecular weight excluding hydrogens is 312 g/mol. The van der Waals surface area contributed by atoms with Gasteiger partial charge in [-0.05, 0) is 49.5 Å². The van der Waals surface area contributed by atoms with Crippen LogP contribution in [0.5, 0.6) is 5.88 Å². The van der Waals surface area contributed by atoms with Crippen molar-refractivity contribution in [3.8, 4) is 17.1 Å². The molecule has 5 heteroatoms. The molecule has 25 heavy (non-hydrogen) atoms. The molecule has 4 rings (SSSR count). The summed E-state index contributed by atoms with van der Waals surface area (Å²) in [6.45, 7) is 4.74. The van der Waals surface area contributed by atoms with Crippen LogP contribution in [0.1, 0.15) is 57.7 Å². The van der Waals surface area contributed by atoms with Gasteiger partial charge in [0.15, 0.2) is 0 Å². The molecule has 0 saturated heterocycles. The van der Waals surface area contributed by atoms with Crippen molar-refractivity contribution in [2.75, 3.05) is 7.11 Å². The number of ether oxygens (including phenoxy) is 1. The summed E-state index contributed by atoms with van der Waals surface area (Å²) in [5.41, 5.74) is 10.5. The second-order valence-electron chi connectivity index (χ2n) is 8.39. The van der Waals surface area contributed by atoms with Crippen molar-refractivity contribution >= 4 is 0 Å². The Balaban J connectivity index is 1.57. The van der Waals surface area contributed by atoms with Crippen LogP contribution in [0.2, 0.25) is 0 Å². The molecule has 2 aromatic rings. The minimum absolute atomic E-state index is 0.160. The molecule has 0 aromatic carbocycles. The average molecular weight is 340 g/mol. The van der Waals surface area contributed by atoms with Gasteiger partial charge in [0.1, 0.15) is 0 Å². The second kappa shape index (κ2) is 6.13. The van der Waals surface area contributed by atoms with Crippen LogP contribution in [0.15, 0.2) is 24.7 Å². The molecule has 0 spiro atoms. The summed E-state index contributed by atoms with van der Waals surface area (Å²) in [5.74, 6) is 1.27. The molecule has 2 aliphatic rings. The molecule has 2 aromatic heterocycles. The highest BCUT2D eigenvalue weighted by Crippen LogP contribution is 2.44. The smallest absolute Gasteiger partial charge is 0.213 e. The van der Waals surface area contributed by atoms with Gasteiger partial charge in [0.2, 0.25) is 5.88 Å². The van der Waals surface area contributed by atoms with Crippen LogP contribution >= 0.6 is 0 Å². The first-order valence-corrected chi connectivity index (χ1v) is 9.31. The first-order valence-electron chi connectivity index (χ1n) is 9.31. The third-order valence-corrected chi connectivity index (χ3v) is 6.19. The SMILES string of the molecule is COc1ccc2c(n1)C(CC(N)C1CCC(C)(C)CC1)n1cncc1-2. The second-order valence-corrected chi connectivity index (χ2v) is 8.39. The van der Waals surface area contributed by atoms with Crippen LogP contribution in [0.4, 0.5) is 0 Å². The predicted molar refractivity (Wildman–Crippen MR) is 98.5 cm³/mol. The maximum atomic E-state index is 6.68. The highest BCUT2D eigenvalue weighted by molar-refractivity contribution is 5.67. The number of pyridine rings is 1. The minimum Gasteiger partial charge on any atom is -0.481 e. The van der Waals surface area contributed by atoms with E-state index in [1.807, 2.05) is 18.6 Å². The largest absolute Gasteiger partial charge is 0.481 e. The monoisotopic (exact) mass is 340 g/mol. The zero-order valence-electron chi connectivity index (χ0n) is 15.4. The van der Waals surface area contributed by atoms with Gasteiger partial charge in [-0.2, -0.15) is 0 Å². The summed E-state index contributed by atoms with van der Waals surface area (Å²) in [7, 11) is 1.66. The topological polar surface area (TPSA) is 66.0 Å². The molecule has 1 saturated carbocycles. The summed E-state index contributed by atoms with van der Waals surface area (Å²) in [6.07, 6.45) is 9.74. The Labute approximate surface area is 149 Å². The summed E-state index contributed by atoms with van der Waals surface area (Å²) in [5, 5.41) is 0. The Kier molecular flexibility index (Phi) is 4.07. The third kappa shape index (κ3) is 2.95. The van der Waals surface area contributed by atoms with E-state index in [1.165, 1.54) is 25.7 Å². The standard InChI is InChI=1S/C20H28N4O/c1-20(2)8-6-13(7-9-20)15(21)10-16-19-14(4-5-18(23-19)25-3)17-11-22-12-24(16)17/h4-5,11-13,15-16H,6-10,21H2,1-3H3. The Morgan fingerprint density at radius 1 is 1.32 bits per heavy atom. The molecule has 2 unspecified atom stereocenters. The van der Waals surface area contributed by atoms with Crippen LogP contribution in [-0.2, 0) is 0 Å². The van der Waals surface area contributed by atoms with Gasteiger partial charge in [0.05, 0.1) is 37.1 Å². The lowest BCUT2D eigenvalue weighted by Gasteiger charge is -2.37. The maximum absolute atomic E-state index is 6.68. The van der Waals surface area contributed by atoms with E-state index in [-0.39, 0.29) is 12.1 Å². The lowest BCUT2D eigenvalue weighted by molar-refractivity contribution is 0.166. The molecular formula is C20H28N4O. The average Bonchev–Trinajstić information content (AvgIpc) is 3.17. The minimum atomic E-state index is 0.160. The van der Waals surface area contributed by atoms with Crippen molar-refractivity contribution < 1.29 is 4.74 Å². The number of imidazole rings is 1. The predicted octanol–water partition coefficient (Wildman–Crippen LogP) is 3.79. The fourth-order valence-corrected chi connectivity index (χ4v) is 4.46. The van der Waals surface area contributed by atoms with Gasteiger partial charge in [-0.3, -0.25) is 0 Å². The molecule has 1 aliphatic heterocycles. The zero-order valence-corrected chi connectivity index (χ0v) is 15.4. The van der Waals surface area contributed by atoms with Gasteiger partial charge in [-0.25, -0.2) is 9.97 Å². The molecule has 2 atom stereocenters. The van der Waals surface area contributed by atoms with Crippen molar-refractivity contribution in [2.24, 2.45) is 17.1 Å². The fraction of sp³-hybridized carbons (Fsp3) is 0.600. The number of rotatable bonds is 4. The summed E-state index contributed by atoms with van der Waals surface area (Å²) >= 11 is 0. The van der Waals surface area contributed by atoms with Gasteiger partial charge in [-0.15, -0.1) is 0 Å². The highest BCUT2D eigenvalue weighted by atomic mass is 16.5. The van der Waals surface area contributed by atoms with E-state index < -0.39 is 0 Å². The Hall–Kier alpha value is -1.88. The lowest BCUT2D eigenvalue weighted by atomic mass is 9.70. The van der Waals surface area contributed by atoms with Crippen molar-refractivity contribution in [3.63, 3.8) is 0 Å². The molecule has 0 bridgehead atoms. The zero-order chi connectivity index (χ0) is 17.6. The van der Waals surface area contributed by atoms with Crippen LogP contribution in [0.25, 0.3) is 11.3 Å². The Bertz CT molecular complexity index is 757. The number of nitrogens with zero attached hydrogens (tertiary/aromatic N) is 3. The molecule has 3 heterocycles. The number of nitrogens with two attached hydrogens (primary N) is 1. The van der Waals surface area contributed by atoms with E-state index in [0.717, 1.165) is 23.4 Å². The quantitative estimate of drug-likeness (QED) is 0.919. The van der Waals surface area contributed by atoms with E-state index in [2.05, 4.69) is 29.5 Å². The van der Waals surface area contributed by atoms with Gasteiger partial charge < -0.3 is 15.0 Å². The fourth-order valence-electron chi connectivity index (χ4n) is 4.46. The van der Waals surface area contributed by atoms with Crippen molar-refractivity contribution in [2.45, 2.75) is 58.0 Å². The van der Waals surface area contributed by atoms with Crippen molar-refractivity contribution in [3.05, 3.63) is 30.4 Å². The van der Waals surface area contributed by atoms with E-state index >= 15 is 0 Å². The van der Waals surface area contributed by atoms with Crippen LogP contribution in [-0.4, -0.2) is 27.7 Å². The Morgan fingerprint density at radius 3 is 2.80 bits per heavy atom. The summed E-state index contributed by atoms with van der Waals surface area (Å²) in [6, 6.07) is 4.35. The number of aromatic nitrogens is 3. The molecule has 2 N–H and O–H groups in total. The highest BCUT2D eigenvalue weighted by Gasteiger charge is 2.35. The van der Waals surface area contributed by atoms with E-state index in [4.69, 9.17) is 15.5 Å². The third-order valence-electron chi connectivity index (χ3n) is 6.19.